The lowest BCUT2D eigenvalue weighted by Crippen LogP contribution is -2.78. The van der Waals surface area contributed by atoms with E-state index >= 15 is 0 Å². The van der Waals surface area contributed by atoms with Crippen LogP contribution in [-0.4, -0.2) is 97.4 Å². The van der Waals surface area contributed by atoms with Crippen LogP contribution in [0.4, 0.5) is 13.2 Å². The van der Waals surface area contributed by atoms with Gasteiger partial charge in [-0.2, -0.15) is 13.2 Å². The summed E-state index contributed by atoms with van der Waals surface area (Å²) in [5.74, 6) is -6.43. The number of nitrogens with one attached hydrogen (secondary N) is 2. The number of nitrogens with two attached hydrogens (primary N) is 2. The molecule has 1 spiro atoms. The number of hydrogen-bond acceptors (Lipinski definition) is 12. The van der Waals surface area contributed by atoms with Gasteiger partial charge in [0.05, 0.1) is 18.2 Å². The SMILES string of the molecule is NC1=NC2C(CN3C(=O)CCC3=O)N=C(N)N3C[C@H](NC(=O)c4ccc(O)c(C(F)(F)F)c4)C(O)(O)C23N1. The van der Waals surface area contributed by atoms with Crippen molar-refractivity contribution in [3.05, 3.63) is 29.3 Å². The van der Waals surface area contributed by atoms with Crippen molar-refractivity contribution in [2.75, 3.05) is 13.1 Å². The van der Waals surface area contributed by atoms with E-state index in [4.69, 9.17) is 11.5 Å². The highest BCUT2D eigenvalue weighted by molar-refractivity contribution is 6.02. The molecule has 14 nitrogen and oxygen atoms in total. The molecule has 0 saturated carbocycles. The summed E-state index contributed by atoms with van der Waals surface area (Å²) >= 11 is 0. The normalized spacial score (nSPS) is 30.0. The molecule has 0 radical (unpaired) electrons. The fourth-order valence-electron chi connectivity index (χ4n) is 5.39. The summed E-state index contributed by atoms with van der Waals surface area (Å²) in [6, 6.07) is -1.74. The molecular weight excluding hydrogens is 517 g/mol. The molecule has 0 aliphatic carbocycles. The standard InChI is InChI=1S/C21H23F3N8O6/c22-21(23,24)9-5-8(1-2-11(9)33)16(36)28-12-7-32-18(26)27-10(6-31-13(34)3-4-14(31)35)15-19(32,20(12,37)38)30-17(25)29-15/h1-2,5,10,12,15,33,37-38H,3-4,6-7H2,(H2,26,27)(H,28,36)(H3,25,29,30)/t10?,12-,15?,19?/m0/s1. The van der Waals surface area contributed by atoms with Crippen molar-refractivity contribution in [3.63, 3.8) is 0 Å². The number of halogens is 3. The zero-order chi connectivity index (χ0) is 27.8. The van der Waals surface area contributed by atoms with Gasteiger partial charge in [0.1, 0.15) is 17.8 Å². The summed E-state index contributed by atoms with van der Waals surface area (Å²) in [4.78, 5) is 47.9. The third-order valence-corrected chi connectivity index (χ3v) is 7.20. The molecule has 38 heavy (non-hydrogen) atoms. The molecule has 4 heterocycles. The minimum atomic E-state index is -4.95. The van der Waals surface area contributed by atoms with Gasteiger partial charge in [-0.3, -0.25) is 19.3 Å². The summed E-state index contributed by atoms with van der Waals surface area (Å²) in [6.45, 7) is -0.642. The number of imide groups is 1. The topological polar surface area (TPSA) is 219 Å². The zero-order valence-electron chi connectivity index (χ0n) is 19.4. The Bertz CT molecular complexity index is 1280. The van der Waals surface area contributed by atoms with E-state index in [2.05, 4.69) is 20.6 Å². The largest absolute Gasteiger partial charge is 0.507 e. The first-order chi connectivity index (χ1) is 17.7. The van der Waals surface area contributed by atoms with Crippen LogP contribution in [0.1, 0.15) is 28.8 Å². The van der Waals surface area contributed by atoms with Crippen LogP contribution >= 0.6 is 0 Å². The smallest absolute Gasteiger partial charge is 0.419 e. The Balaban J connectivity index is 1.45. The molecule has 17 heteroatoms. The average molecular weight is 540 g/mol. The molecule has 0 aromatic heterocycles. The van der Waals surface area contributed by atoms with Crippen LogP contribution in [0.3, 0.4) is 0 Å². The Morgan fingerprint density at radius 3 is 2.47 bits per heavy atom. The minimum absolute atomic E-state index is 0.0156. The Morgan fingerprint density at radius 1 is 1.18 bits per heavy atom. The number of carbonyl (C=O) groups excluding carboxylic acids is 3. The number of amides is 3. The van der Waals surface area contributed by atoms with Crippen molar-refractivity contribution in [2.45, 2.75) is 48.6 Å². The van der Waals surface area contributed by atoms with E-state index in [1.807, 2.05) is 0 Å². The lowest BCUT2D eigenvalue weighted by atomic mass is 9.84. The quantitative estimate of drug-likeness (QED) is 0.155. The first-order valence-corrected chi connectivity index (χ1v) is 11.4. The molecule has 0 bridgehead atoms. The lowest BCUT2D eigenvalue weighted by molar-refractivity contribution is -0.230. The van der Waals surface area contributed by atoms with Gasteiger partial charge in [-0.1, -0.05) is 0 Å². The first-order valence-electron chi connectivity index (χ1n) is 11.4. The van der Waals surface area contributed by atoms with Gasteiger partial charge < -0.3 is 42.3 Å². The number of likely N-dealkylation sites (tertiary alicyclic amines) is 1. The molecule has 3 amide bonds. The van der Waals surface area contributed by atoms with Crippen molar-refractivity contribution < 1.29 is 42.9 Å². The molecule has 2 saturated heterocycles. The number of aliphatic hydroxyl groups is 2. The van der Waals surface area contributed by atoms with E-state index in [0.29, 0.717) is 12.1 Å². The van der Waals surface area contributed by atoms with Crippen molar-refractivity contribution in [1.29, 1.82) is 0 Å². The highest BCUT2D eigenvalue weighted by Gasteiger charge is 2.73. The molecule has 1 aromatic rings. The molecule has 9 N–H and O–H groups in total. The number of nitrogens with zero attached hydrogens (tertiary/aromatic N) is 4. The minimum Gasteiger partial charge on any atom is -0.507 e. The maximum absolute atomic E-state index is 13.2. The number of benzene rings is 1. The highest BCUT2D eigenvalue weighted by Crippen LogP contribution is 2.45. The van der Waals surface area contributed by atoms with Gasteiger partial charge >= 0.3 is 6.18 Å². The summed E-state index contributed by atoms with van der Waals surface area (Å²) in [5, 5.41) is 37.3. The van der Waals surface area contributed by atoms with Crippen LogP contribution < -0.4 is 22.1 Å². The number of guanidine groups is 2. The molecule has 5 rings (SSSR count). The molecule has 4 aliphatic heterocycles. The number of phenolic OH excluding ortho intramolecular Hbond substituents is 1. The fourth-order valence-corrected chi connectivity index (χ4v) is 5.39. The monoisotopic (exact) mass is 540 g/mol. The van der Waals surface area contributed by atoms with Crippen LogP contribution in [0.15, 0.2) is 28.2 Å². The van der Waals surface area contributed by atoms with Gasteiger partial charge in [-0.15, -0.1) is 0 Å². The summed E-state index contributed by atoms with van der Waals surface area (Å²) in [7, 11) is 0. The van der Waals surface area contributed by atoms with Gasteiger partial charge in [0.2, 0.25) is 17.6 Å². The summed E-state index contributed by atoms with van der Waals surface area (Å²) < 4.78 is 39.6. The zero-order valence-corrected chi connectivity index (χ0v) is 19.4. The van der Waals surface area contributed by atoms with E-state index in [1.54, 1.807) is 0 Å². The van der Waals surface area contributed by atoms with Gasteiger partial charge in [-0.05, 0) is 18.2 Å². The number of phenols is 1. The number of alkyl halides is 3. The Kier molecular flexibility index (Phi) is 5.50. The van der Waals surface area contributed by atoms with Crippen LogP contribution in [-0.2, 0) is 15.8 Å². The molecule has 4 aliphatic rings. The van der Waals surface area contributed by atoms with Crippen LogP contribution in [0.5, 0.6) is 5.75 Å². The number of rotatable bonds is 4. The second kappa shape index (κ2) is 8.19. The molecular formula is C21H23F3N8O6. The van der Waals surface area contributed by atoms with Crippen molar-refractivity contribution in [3.8, 4) is 5.75 Å². The predicted octanol–water partition coefficient (Wildman–Crippen LogP) is -2.67. The van der Waals surface area contributed by atoms with Crippen molar-refractivity contribution in [1.82, 2.24) is 20.4 Å². The van der Waals surface area contributed by atoms with E-state index in [0.717, 1.165) is 11.0 Å². The Hall–Kier alpha value is -4.12. The highest BCUT2D eigenvalue weighted by atomic mass is 19.4. The fraction of sp³-hybridized carbons (Fsp3) is 0.476. The molecule has 204 valence electrons. The van der Waals surface area contributed by atoms with Gasteiger partial charge in [0, 0.05) is 24.9 Å². The van der Waals surface area contributed by atoms with Crippen molar-refractivity contribution in [2.24, 2.45) is 21.5 Å². The van der Waals surface area contributed by atoms with Crippen LogP contribution in [0.25, 0.3) is 0 Å². The molecule has 1 aromatic carbocycles. The second-order valence-corrected chi connectivity index (χ2v) is 9.40. The van der Waals surface area contributed by atoms with Crippen LogP contribution in [0.2, 0.25) is 0 Å². The summed E-state index contributed by atoms with van der Waals surface area (Å²) in [6.07, 6.45) is -4.91. The maximum Gasteiger partial charge on any atom is 0.419 e. The van der Waals surface area contributed by atoms with E-state index in [-0.39, 0.29) is 37.9 Å². The summed E-state index contributed by atoms with van der Waals surface area (Å²) in [5.41, 5.74) is 8.05. The average Bonchev–Trinajstić information content (AvgIpc) is 3.41. The number of carbonyl (C=O) groups is 3. The van der Waals surface area contributed by atoms with Crippen molar-refractivity contribution >= 4 is 29.6 Å². The van der Waals surface area contributed by atoms with E-state index in [1.165, 1.54) is 4.90 Å². The van der Waals surface area contributed by atoms with E-state index < -0.39 is 70.3 Å². The number of aromatic hydroxyl groups is 1. The molecule has 2 fully saturated rings. The Morgan fingerprint density at radius 2 is 1.84 bits per heavy atom. The van der Waals surface area contributed by atoms with E-state index in [9.17, 15) is 42.9 Å². The lowest BCUT2D eigenvalue weighted by Gasteiger charge is -2.49. The molecule has 3 unspecified atom stereocenters. The first kappa shape index (κ1) is 25.5. The molecule has 4 atom stereocenters. The predicted molar refractivity (Wildman–Crippen MR) is 121 cm³/mol. The third kappa shape index (κ3) is 3.60. The second-order valence-electron chi connectivity index (χ2n) is 9.40. The maximum atomic E-state index is 13.2. The Labute approximate surface area is 211 Å². The van der Waals surface area contributed by atoms with Gasteiger partial charge in [-0.25, -0.2) is 9.98 Å². The van der Waals surface area contributed by atoms with Gasteiger partial charge in [0.25, 0.3) is 5.91 Å². The number of hydrogen-bond donors (Lipinski definition) is 7. The third-order valence-electron chi connectivity index (χ3n) is 7.20. The number of aliphatic imine (C=N–C) groups is 2. The van der Waals surface area contributed by atoms with Gasteiger partial charge in [0.15, 0.2) is 17.6 Å². The van der Waals surface area contributed by atoms with Crippen LogP contribution in [0, 0.1) is 0 Å².